The van der Waals surface area contributed by atoms with Crippen LogP contribution in [0.5, 0.6) is 0 Å². The van der Waals surface area contributed by atoms with Crippen LogP contribution in [-0.2, 0) is 10.3 Å². The molecule has 2 aliphatic rings. The SMILES string of the molecule is N#Cc1ccc(C(=O)Nc2ccc(F)c([C@]34CO[C@H](C(F)F)[C@H]3CSC(N)=N4)c2)nc1. The topological polar surface area (TPSA) is 113 Å². The lowest BCUT2D eigenvalue weighted by molar-refractivity contribution is -0.0359. The van der Waals surface area contributed by atoms with Crippen LogP contribution >= 0.6 is 11.8 Å². The Morgan fingerprint density at radius 2 is 2.19 bits per heavy atom. The van der Waals surface area contributed by atoms with Crippen molar-refractivity contribution < 1.29 is 22.7 Å². The molecule has 2 aromatic rings. The monoisotopic (exact) mass is 447 g/mol. The second kappa shape index (κ2) is 8.20. The number of alkyl halides is 2. The lowest BCUT2D eigenvalue weighted by Crippen LogP contribution is -2.43. The number of ether oxygens (including phenoxy) is 1. The van der Waals surface area contributed by atoms with E-state index in [-0.39, 0.29) is 34.5 Å². The summed E-state index contributed by atoms with van der Waals surface area (Å²) in [5.41, 5.74) is 5.05. The van der Waals surface area contributed by atoms with Crippen LogP contribution in [0.25, 0.3) is 0 Å². The zero-order chi connectivity index (χ0) is 22.2. The van der Waals surface area contributed by atoms with Gasteiger partial charge in [-0.25, -0.2) is 23.1 Å². The average Bonchev–Trinajstić information content (AvgIpc) is 3.14. The first-order chi connectivity index (χ1) is 14.8. The van der Waals surface area contributed by atoms with E-state index in [1.54, 1.807) is 0 Å². The average molecular weight is 447 g/mol. The summed E-state index contributed by atoms with van der Waals surface area (Å²) in [6, 6.07) is 8.56. The number of benzene rings is 1. The molecule has 0 saturated carbocycles. The second-order valence-electron chi connectivity index (χ2n) is 7.09. The first kappa shape index (κ1) is 21.1. The van der Waals surface area contributed by atoms with Crippen LogP contribution in [0.1, 0.15) is 21.6 Å². The number of anilines is 1. The summed E-state index contributed by atoms with van der Waals surface area (Å²) in [4.78, 5) is 20.7. The Morgan fingerprint density at radius 1 is 1.39 bits per heavy atom. The third-order valence-electron chi connectivity index (χ3n) is 5.29. The molecule has 3 N–H and O–H groups in total. The molecule has 11 heteroatoms. The number of amidine groups is 1. The van der Waals surface area contributed by atoms with Crippen molar-refractivity contribution in [1.29, 1.82) is 5.26 Å². The Hall–Kier alpha value is -3.10. The molecule has 1 fully saturated rings. The van der Waals surface area contributed by atoms with Gasteiger partial charge in [0.2, 0.25) is 0 Å². The summed E-state index contributed by atoms with van der Waals surface area (Å²) in [6.45, 7) is -0.251. The Kier molecular flexibility index (Phi) is 5.60. The van der Waals surface area contributed by atoms with Crippen molar-refractivity contribution in [3.8, 4) is 6.07 Å². The first-order valence-electron chi connectivity index (χ1n) is 9.19. The minimum Gasteiger partial charge on any atom is -0.379 e. The minimum absolute atomic E-state index is 0.0227. The number of hydrogen-bond acceptors (Lipinski definition) is 7. The molecule has 0 spiro atoms. The maximum Gasteiger partial charge on any atom is 0.274 e. The third-order valence-corrected chi connectivity index (χ3v) is 6.20. The van der Waals surface area contributed by atoms with Crippen molar-refractivity contribution in [3.05, 3.63) is 59.2 Å². The summed E-state index contributed by atoms with van der Waals surface area (Å²) in [7, 11) is 0. The van der Waals surface area contributed by atoms with E-state index in [1.165, 1.54) is 30.5 Å². The largest absolute Gasteiger partial charge is 0.379 e. The second-order valence-corrected chi connectivity index (χ2v) is 8.13. The van der Waals surface area contributed by atoms with E-state index in [1.807, 2.05) is 6.07 Å². The van der Waals surface area contributed by atoms with Crippen molar-refractivity contribution in [2.24, 2.45) is 16.6 Å². The summed E-state index contributed by atoms with van der Waals surface area (Å²) in [5.74, 6) is -1.83. The number of nitrogens with one attached hydrogen (secondary N) is 1. The number of hydrogen-bond donors (Lipinski definition) is 2. The number of nitrogens with two attached hydrogens (primary N) is 1. The van der Waals surface area contributed by atoms with Crippen molar-refractivity contribution >= 4 is 28.5 Å². The number of aliphatic imine (C=N–C) groups is 1. The van der Waals surface area contributed by atoms with Gasteiger partial charge in [-0.3, -0.25) is 4.79 Å². The number of amides is 1. The standard InChI is InChI=1S/C20H16F3N5O2S/c21-14-3-2-11(27-18(29)15-4-1-10(6-24)7-26-15)5-12(14)20-9-30-16(17(22)23)13(20)8-31-19(25)28-20/h1-5,7,13,16-17H,8-9H2,(H2,25,28)(H,27,29)/t13-,16+,20-/m1/s1. The van der Waals surface area contributed by atoms with Crippen LogP contribution < -0.4 is 11.1 Å². The van der Waals surface area contributed by atoms with Gasteiger partial charge in [0.25, 0.3) is 12.3 Å². The summed E-state index contributed by atoms with van der Waals surface area (Å²) in [5, 5.41) is 11.6. The molecule has 1 saturated heterocycles. The number of pyridine rings is 1. The Bertz CT molecular complexity index is 1090. The van der Waals surface area contributed by atoms with Gasteiger partial charge in [-0.05, 0) is 30.3 Å². The van der Waals surface area contributed by atoms with E-state index in [0.717, 1.165) is 17.8 Å². The molecule has 2 aliphatic heterocycles. The molecule has 0 radical (unpaired) electrons. The zero-order valence-corrected chi connectivity index (χ0v) is 16.7. The van der Waals surface area contributed by atoms with E-state index in [0.29, 0.717) is 5.56 Å². The number of rotatable bonds is 4. The number of carbonyl (C=O) groups excluding carboxylic acids is 1. The van der Waals surface area contributed by atoms with Gasteiger partial charge in [0, 0.05) is 29.1 Å². The number of halogens is 3. The fourth-order valence-corrected chi connectivity index (χ4v) is 4.82. The van der Waals surface area contributed by atoms with Gasteiger partial charge in [-0.1, -0.05) is 11.8 Å². The number of nitrogens with zero attached hydrogens (tertiary/aromatic N) is 3. The Labute approximate surface area is 179 Å². The van der Waals surface area contributed by atoms with E-state index < -0.39 is 35.7 Å². The molecule has 0 bridgehead atoms. The van der Waals surface area contributed by atoms with Crippen molar-refractivity contribution in [2.75, 3.05) is 17.7 Å². The van der Waals surface area contributed by atoms with E-state index >= 15 is 0 Å². The molecule has 160 valence electrons. The molecule has 31 heavy (non-hydrogen) atoms. The molecule has 4 rings (SSSR count). The number of fused-ring (bicyclic) bond motifs is 1. The lowest BCUT2D eigenvalue weighted by Gasteiger charge is -2.35. The van der Waals surface area contributed by atoms with Crippen LogP contribution in [0, 0.1) is 23.1 Å². The van der Waals surface area contributed by atoms with Crippen LogP contribution in [-0.4, -0.2) is 40.9 Å². The molecule has 1 aromatic carbocycles. The maximum absolute atomic E-state index is 14.9. The van der Waals surface area contributed by atoms with Crippen molar-refractivity contribution in [3.63, 3.8) is 0 Å². The highest BCUT2D eigenvalue weighted by atomic mass is 32.2. The molecule has 3 heterocycles. The first-order valence-corrected chi connectivity index (χ1v) is 10.2. The fraction of sp³-hybridized carbons (Fsp3) is 0.300. The van der Waals surface area contributed by atoms with Gasteiger partial charge in [0.05, 0.1) is 12.2 Å². The molecule has 1 amide bonds. The van der Waals surface area contributed by atoms with Gasteiger partial charge in [0.15, 0.2) is 5.17 Å². The highest BCUT2D eigenvalue weighted by molar-refractivity contribution is 8.13. The highest BCUT2D eigenvalue weighted by Crippen LogP contribution is 2.49. The highest BCUT2D eigenvalue weighted by Gasteiger charge is 2.56. The molecular weight excluding hydrogens is 431 g/mol. The predicted molar refractivity (Wildman–Crippen MR) is 108 cm³/mol. The lowest BCUT2D eigenvalue weighted by atomic mass is 9.78. The quantitative estimate of drug-likeness (QED) is 0.745. The summed E-state index contributed by atoms with van der Waals surface area (Å²) < 4.78 is 47.2. The van der Waals surface area contributed by atoms with Crippen LogP contribution in [0.2, 0.25) is 0 Å². The van der Waals surface area contributed by atoms with Crippen LogP contribution in [0.3, 0.4) is 0 Å². The molecule has 1 aromatic heterocycles. The summed E-state index contributed by atoms with van der Waals surface area (Å²) in [6.07, 6.45) is -2.90. The van der Waals surface area contributed by atoms with E-state index in [9.17, 15) is 18.0 Å². The zero-order valence-electron chi connectivity index (χ0n) is 15.9. The van der Waals surface area contributed by atoms with Gasteiger partial charge in [-0.15, -0.1) is 0 Å². The number of nitriles is 1. The third kappa shape index (κ3) is 3.84. The normalized spacial score (nSPS) is 24.9. The predicted octanol–water partition coefficient (Wildman–Crippen LogP) is 2.88. The molecule has 0 unspecified atom stereocenters. The molecular formula is C20H16F3N5O2S. The Balaban J connectivity index is 1.68. The van der Waals surface area contributed by atoms with E-state index in [2.05, 4.69) is 15.3 Å². The fourth-order valence-electron chi connectivity index (χ4n) is 3.78. The molecule has 7 nitrogen and oxygen atoms in total. The van der Waals surface area contributed by atoms with E-state index in [4.69, 9.17) is 15.7 Å². The van der Waals surface area contributed by atoms with Crippen LogP contribution in [0.4, 0.5) is 18.9 Å². The van der Waals surface area contributed by atoms with Crippen molar-refractivity contribution in [2.45, 2.75) is 18.1 Å². The Morgan fingerprint density at radius 3 is 2.87 bits per heavy atom. The number of aromatic nitrogens is 1. The van der Waals surface area contributed by atoms with Gasteiger partial charge in [-0.2, -0.15) is 5.26 Å². The smallest absolute Gasteiger partial charge is 0.274 e. The number of carbonyl (C=O) groups is 1. The van der Waals surface area contributed by atoms with Crippen LogP contribution in [0.15, 0.2) is 41.5 Å². The van der Waals surface area contributed by atoms with Gasteiger partial charge in [0.1, 0.15) is 29.2 Å². The summed E-state index contributed by atoms with van der Waals surface area (Å²) >= 11 is 1.12. The minimum atomic E-state index is -2.75. The molecule has 3 atom stereocenters. The van der Waals surface area contributed by atoms with Gasteiger partial charge < -0.3 is 15.8 Å². The number of thioether (sulfide) groups is 1. The molecule has 0 aliphatic carbocycles. The van der Waals surface area contributed by atoms with Crippen molar-refractivity contribution in [1.82, 2.24) is 4.98 Å². The van der Waals surface area contributed by atoms with Gasteiger partial charge >= 0.3 is 0 Å². The maximum atomic E-state index is 14.9.